The van der Waals surface area contributed by atoms with Crippen molar-refractivity contribution in [1.82, 2.24) is 0 Å². The highest BCUT2D eigenvalue weighted by Gasteiger charge is 1.93. The highest BCUT2D eigenvalue weighted by atomic mass is 35.5. The lowest BCUT2D eigenvalue weighted by atomic mass is 10.2. The molecule has 0 bridgehead atoms. The van der Waals surface area contributed by atoms with Crippen LogP contribution in [0.15, 0.2) is 12.2 Å². The van der Waals surface area contributed by atoms with Gasteiger partial charge in [0.2, 0.25) is 0 Å². The summed E-state index contributed by atoms with van der Waals surface area (Å²) < 4.78 is 0. The number of thioether (sulfide) groups is 1. The van der Waals surface area contributed by atoms with Crippen molar-refractivity contribution in [2.24, 2.45) is 0 Å². The molecule has 0 aliphatic carbocycles. The second kappa shape index (κ2) is 9.14. The van der Waals surface area contributed by atoms with Crippen LogP contribution >= 0.6 is 23.4 Å². The molecule has 0 fully saturated rings. The standard InChI is InChI=1S/C9H15ClOS/c1-12-8-6-9(11)5-3-2-4-7-10/h3,5H,2,4,6-8H2,1H3. The molecule has 0 aromatic heterocycles. The Bertz CT molecular complexity index is 145. The van der Waals surface area contributed by atoms with Crippen LogP contribution in [0.3, 0.4) is 0 Å². The molecular formula is C9H15ClOS. The van der Waals surface area contributed by atoms with E-state index in [9.17, 15) is 4.79 Å². The summed E-state index contributed by atoms with van der Waals surface area (Å²) in [6, 6.07) is 0. The van der Waals surface area contributed by atoms with E-state index >= 15 is 0 Å². The molecule has 0 aliphatic rings. The first-order valence-electron chi connectivity index (χ1n) is 4.05. The Kier molecular flexibility index (Phi) is 9.18. The van der Waals surface area contributed by atoms with Gasteiger partial charge in [-0.1, -0.05) is 6.08 Å². The Labute approximate surface area is 83.6 Å². The van der Waals surface area contributed by atoms with E-state index in [2.05, 4.69) is 0 Å². The highest BCUT2D eigenvalue weighted by molar-refractivity contribution is 7.98. The van der Waals surface area contributed by atoms with E-state index in [1.54, 1.807) is 17.8 Å². The van der Waals surface area contributed by atoms with Crippen LogP contribution in [0.25, 0.3) is 0 Å². The summed E-state index contributed by atoms with van der Waals surface area (Å²) in [7, 11) is 0. The van der Waals surface area contributed by atoms with Gasteiger partial charge in [-0.25, -0.2) is 0 Å². The fourth-order valence-electron chi connectivity index (χ4n) is 0.696. The third kappa shape index (κ3) is 8.15. The summed E-state index contributed by atoms with van der Waals surface area (Å²) >= 11 is 7.18. The van der Waals surface area contributed by atoms with Crippen molar-refractivity contribution in [3.63, 3.8) is 0 Å². The minimum absolute atomic E-state index is 0.221. The van der Waals surface area contributed by atoms with E-state index in [1.807, 2.05) is 12.3 Å². The number of carbonyl (C=O) groups is 1. The van der Waals surface area contributed by atoms with Crippen molar-refractivity contribution >= 4 is 29.1 Å². The number of unbranched alkanes of at least 4 members (excludes halogenated alkanes) is 1. The molecule has 0 aromatic rings. The van der Waals surface area contributed by atoms with Crippen molar-refractivity contribution in [3.05, 3.63) is 12.2 Å². The van der Waals surface area contributed by atoms with Crippen LogP contribution in [0.2, 0.25) is 0 Å². The Hall–Kier alpha value is 0.0500. The Morgan fingerprint density at radius 3 is 2.92 bits per heavy atom. The number of alkyl halides is 1. The first kappa shape index (κ1) is 12.0. The minimum Gasteiger partial charge on any atom is -0.295 e. The summed E-state index contributed by atoms with van der Waals surface area (Å²) in [5, 5.41) is 0. The van der Waals surface area contributed by atoms with Gasteiger partial charge < -0.3 is 0 Å². The molecule has 0 rings (SSSR count). The molecule has 0 amide bonds. The first-order chi connectivity index (χ1) is 5.81. The number of halogens is 1. The van der Waals surface area contributed by atoms with Crippen LogP contribution in [0.4, 0.5) is 0 Å². The van der Waals surface area contributed by atoms with Crippen LogP contribution in [-0.2, 0) is 4.79 Å². The molecule has 0 saturated heterocycles. The van der Waals surface area contributed by atoms with Crippen molar-refractivity contribution in [2.45, 2.75) is 19.3 Å². The number of hydrogen-bond donors (Lipinski definition) is 0. The largest absolute Gasteiger partial charge is 0.295 e. The molecule has 0 N–H and O–H groups in total. The lowest BCUT2D eigenvalue weighted by Crippen LogP contribution is -1.93. The quantitative estimate of drug-likeness (QED) is 0.362. The van der Waals surface area contributed by atoms with Crippen LogP contribution in [-0.4, -0.2) is 23.7 Å². The third-order valence-corrected chi connectivity index (χ3v) is 2.24. The third-order valence-electron chi connectivity index (χ3n) is 1.36. The number of allylic oxidation sites excluding steroid dienone is 2. The minimum atomic E-state index is 0.221. The fourth-order valence-corrected chi connectivity index (χ4v) is 1.26. The van der Waals surface area contributed by atoms with Crippen molar-refractivity contribution < 1.29 is 4.79 Å². The molecule has 0 aliphatic heterocycles. The van der Waals surface area contributed by atoms with Gasteiger partial charge in [0.25, 0.3) is 0 Å². The molecule has 0 spiro atoms. The summed E-state index contributed by atoms with van der Waals surface area (Å²) in [6.45, 7) is 0. The number of rotatable bonds is 7. The highest BCUT2D eigenvalue weighted by Crippen LogP contribution is 1.98. The second-order valence-electron chi connectivity index (χ2n) is 2.44. The average molecular weight is 207 g/mol. The second-order valence-corrected chi connectivity index (χ2v) is 3.81. The van der Waals surface area contributed by atoms with Crippen molar-refractivity contribution in [3.8, 4) is 0 Å². The van der Waals surface area contributed by atoms with Crippen LogP contribution < -0.4 is 0 Å². The predicted octanol–water partition coefficient (Wildman–Crippen LogP) is 2.88. The molecule has 0 unspecified atom stereocenters. The van der Waals surface area contributed by atoms with Gasteiger partial charge >= 0.3 is 0 Å². The lowest BCUT2D eigenvalue weighted by Gasteiger charge is -1.91. The van der Waals surface area contributed by atoms with Gasteiger partial charge in [-0.05, 0) is 25.2 Å². The molecule has 70 valence electrons. The van der Waals surface area contributed by atoms with Gasteiger partial charge in [0, 0.05) is 18.1 Å². The lowest BCUT2D eigenvalue weighted by molar-refractivity contribution is -0.114. The Morgan fingerprint density at radius 2 is 2.33 bits per heavy atom. The number of carbonyl (C=O) groups excluding carboxylic acids is 1. The van der Waals surface area contributed by atoms with E-state index in [1.165, 1.54) is 0 Å². The van der Waals surface area contributed by atoms with Gasteiger partial charge in [-0.2, -0.15) is 11.8 Å². The van der Waals surface area contributed by atoms with Gasteiger partial charge in [-0.15, -0.1) is 11.6 Å². The monoisotopic (exact) mass is 206 g/mol. The zero-order valence-electron chi connectivity index (χ0n) is 7.38. The molecule has 0 heterocycles. The SMILES string of the molecule is CSCCC(=O)C=CCCCCl. The fraction of sp³-hybridized carbons (Fsp3) is 0.667. The topological polar surface area (TPSA) is 17.1 Å². The molecule has 0 aromatic carbocycles. The van der Waals surface area contributed by atoms with Crippen molar-refractivity contribution in [2.75, 3.05) is 17.9 Å². The molecule has 0 radical (unpaired) electrons. The van der Waals surface area contributed by atoms with E-state index in [0.29, 0.717) is 12.3 Å². The maximum atomic E-state index is 11.0. The summed E-state index contributed by atoms with van der Waals surface area (Å²) in [5.74, 6) is 1.81. The van der Waals surface area contributed by atoms with Gasteiger partial charge in [0.15, 0.2) is 5.78 Å². The van der Waals surface area contributed by atoms with Gasteiger partial charge in [0.05, 0.1) is 0 Å². The van der Waals surface area contributed by atoms with Crippen molar-refractivity contribution in [1.29, 1.82) is 0 Å². The van der Waals surface area contributed by atoms with E-state index in [4.69, 9.17) is 11.6 Å². The number of hydrogen-bond acceptors (Lipinski definition) is 2. The van der Waals surface area contributed by atoms with Gasteiger partial charge in [0.1, 0.15) is 0 Å². The zero-order valence-corrected chi connectivity index (χ0v) is 8.96. The van der Waals surface area contributed by atoms with Crippen LogP contribution in [0, 0.1) is 0 Å². The van der Waals surface area contributed by atoms with Gasteiger partial charge in [-0.3, -0.25) is 4.79 Å². The Morgan fingerprint density at radius 1 is 1.58 bits per heavy atom. The molecule has 0 atom stereocenters. The average Bonchev–Trinajstić information content (AvgIpc) is 2.09. The predicted molar refractivity (Wildman–Crippen MR) is 57.1 cm³/mol. The molecule has 3 heteroatoms. The van der Waals surface area contributed by atoms with Crippen LogP contribution in [0.1, 0.15) is 19.3 Å². The summed E-state index contributed by atoms with van der Waals surface area (Å²) in [6.07, 6.45) is 8.10. The molecular weight excluding hydrogens is 192 g/mol. The molecule has 12 heavy (non-hydrogen) atoms. The molecule has 1 nitrogen and oxygen atoms in total. The maximum Gasteiger partial charge on any atom is 0.156 e. The molecule has 0 saturated carbocycles. The number of ketones is 1. The van der Waals surface area contributed by atoms with E-state index < -0.39 is 0 Å². The first-order valence-corrected chi connectivity index (χ1v) is 5.98. The van der Waals surface area contributed by atoms with E-state index in [-0.39, 0.29) is 5.78 Å². The zero-order chi connectivity index (χ0) is 9.23. The summed E-state index contributed by atoms with van der Waals surface area (Å²) in [4.78, 5) is 11.0. The normalized spacial score (nSPS) is 10.8. The van der Waals surface area contributed by atoms with Crippen LogP contribution in [0.5, 0.6) is 0 Å². The Balaban J connectivity index is 3.34. The summed E-state index contributed by atoms with van der Waals surface area (Å²) in [5.41, 5.74) is 0. The maximum absolute atomic E-state index is 11.0. The van der Waals surface area contributed by atoms with E-state index in [0.717, 1.165) is 18.6 Å². The smallest absolute Gasteiger partial charge is 0.156 e.